The number of nitrogens with one attached hydrogen (secondary N) is 1. The Bertz CT molecular complexity index is 1060. The van der Waals surface area contributed by atoms with Gasteiger partial charge in [0.1, 0.15) is 18.1 Å². The normalized spacial score (nSPS) is 12.7. The maximum Gasteiger partial charge on any atom is 0.157 e. The zero-order chi connectivity index (χ0) is 18.5. The third kappa shape index (κ3) is 3.68. The fourth-order valence-electron chi connectivity index (χ4n) is 2.89. The first-order chi connectivity index (χ1) is 13.3. The van der Waals surface area contributed by atoms with E-state index in [1.54, 1.807) is 0 Å². The van der Waals surface area contributed by atoms with E-state index in [0.717, 1.165) is 22.0 Å². The monoisotopic (exact) mass is 354 g/mol. The molecule has 5 nitrogen and oxygen atoms in total. The van der Waals surface area contributed by atoms with Crippen molar-refractivity contribution in [1.29, 1.82) is 0 Å². The minimum absolute atomic E-state index is 0.518. The zero-order valence-corrected chi connectivity index (χ0v) is 14.5. The molecule has 0 aliphatic rings. The van der Waals surface area contributed by atoms with Crippen molar-refractivity contribution in [1.82, 2.24) is 9.97 Å². The fraction of sp³-hybridized carbons (Fsp3) is 0.0455. The first-order valence-electron chi connectivity index (χ1n) is 8.65. The van der Waals surface area contributed by atoms with Crippen LogP contribution in [0.4, 0.5) is 5.82 Å². The molecule has 0 fully saturated rings. The highest BCUT2D eigenvalue weighted by molar-refractivity contribution is 6.04. The van der Waals surface area contributed by atoms with Gasteiger partial charge in [0.25, 0.3) is 0 Å². The van der Waals surface area contributed by atoms with Crippen LogP contribution in [0.25, 0.3) is 10.9 Å². The first kappa shape index (κ1) is 16.9. The van der Waals surface area contributed by atoms with Crippen molar-refractivity contribution in [2.24, 2.45) is 5.10 Å². The summed E-state index contributed by atoms with van der Waals surface area (Å²) in [7, 11) is 0. The Morgan fingerprint density at radius 1 is 0.815 bits per heavy atom. The predicted octanol–water partition coefficient (Wildman–Crippen LogP) is 4.18. The molecular weight excluding hydrogens is 336 g/mol. The summed E-state index contributed by atoms with van der Waals surface area (Å²) in [6.07, 6.45) is 0.630. The lowest BCUT2D eigenvalue weighted by atomic mass is 9.99. The van der Waals surface area contributed by atoms with E-state index in [2.05, 4.69) is 20.5 Å². The third-order valence-electron chi connectivity index (χ3n) is 4.27. The molecule has 0 saturated carbocycles. The average molecular weight is 354 g/mol. The van der Waals surface area contributed by atoms with E-state index in [9.17, 15) is 5.11 Å². The Kier molecular flexibility index (Phi) is 4.85. The summed E-state index contributed by atoms with van der Waals surface area (Å²) in [6.45, 7) is 0. The lowest BCUT2D eigenvalue weighted by Crippen LogP contribution is -2.16. The van der Waals surface area contributed by atoms with Crippen molar-refractivity contribution in [3.63, 3.8) is 0 Å². The second kappa shape index (κ2) is 7.76. The van der Waals surface area contributed by atoms with E-state index in [0.29, 0.717) is 11.5 Å². The zero-order valence-electron chi connectivity index (χ0n) is 14.5. The number of rotatable bonds is 5. The van der Waals surface area contributed by atoms with Gasteiger partial charge in [-0.3, -0.25) is 5.43 Å². The van der Waals surface area contributed by atoms with Crippen LogP contribution >= 0.6 is 0 Å². The van der Waals surface area contributed by atoms with Gasteiger partial charge in [-0.1, -0.05) is 72.8 Å². The predicted molar refractivity (Wildman–Crippen MR) is 108 cm³/mol. The van der Waals surface area contributed by atoms with Crippen molar-refractivity contribution in [3.8, 4) is 0 Å². The summed E-state index contributed by atoms with van der Waals surface area (Å²) >= 11 is 0. The third-order valence-corrected chi connectivity index (χ3v) is 4.27. The van der Waals surface area contributed by atoms with Crippen molar-refractivity contribution in [2.75, 3.05) is 5.43 Å². The van der Waals surface area contributed by atoms with Gasteiger partial charge in [-0.25, -0.2) is 9.97 Å². The summed E-state index contributed by atoms with van der Waals surface area (Å²) in [5.41, 5.74) is 5.97. The van der Waals surface area contributed by atoms with E-state index in [-0.39, 0.29) is 0 Å². The minimum atomic E-state index is -0.866. The van der Waals surface area contributed by atoms with Crippen LogP contribution in [0, 0.1) is 0 Å². The van der Waals surface area contributed by atoms with Crippen LogP contribution < -0.4 is 5.43 Å². The molecule has 0 spiro atoms. The Morgan fingerprint density at radius 3 is 2.26 bits per heavy atom. The number of aliphatic hydroxyl groups is 1. The molecule has 0 radical (unpaired) electrons. The number of anilines is 1. The Morgan fingerprint density at radius 2 is 1.48 bits per heavy atom. The number of hydrazone groups is 1. The molecule has 1 aromatic heterocycles. The molecule has 27 heavy (non-hydrogen) atoms. The average Bonchev–Trinajstić information content (AvgIpc) is 2.75. The molecule has 0 unspecified atom stereocenters. The van der Waals surface area contributed by atoms with Gasteiger partial charge >= 0.3 is 0 Å². The molecule has 5 heteroatoms. The van der Waals surface area contributed by atoms with E-state index in [1.807, 2.05) is 84.9 Å². The number of nitrogens with zero attached hydrogens (tertiary/aromatic N) is 3. The highest BCUT2D eigenvalue weighted by atomic mass is 16.3. The van der Waals surface area contributed by atoms with Crippen LogP contribution in [0.1, 0.15) is 17.2 Å². The molecule has 0 bridgehead atoms. The van der Waals surface area contributed by atoms with E-state index in [4.69, 9.17) is 0 Å². The topological polar surface area (TPSA) is 70.4 Å². The molecule has 0 aliphatic heterocycles. The van der Waals surface area contributed by atoms with Gasteiger partial charge in [0, 0.05) is 10.9 Å². The van der Waals surface area contributed by atoms with Crippen LogP contribution in [0.5, 0.6) is 0 Å². The molecule has 4 rings (SSSR count). The molecule has 4 aromatic rings. The Hall–Kier alpha value is -3.57. The number of benzene rings is 3. The van der Waals surface area contributed by atoms with Crippen molar-refractivity contribution < 1.29 is 5.11 Å². The number of fused-ring (bicyclic) bond motifs is 1. The number of aliphatic hydroxyl groups excluding tert-OH is 1. The van der Waals surface area contributed by atoms with Crippen molar-refractivity contribution in [2.45, 2.75) is 6.10 Å². The van der Waals surface area contributed by atoms with Gasteiger partial charge in [0.15, 0.2) is 5.82 Å². The van der Waals surface area contributed by atoms with Crippen LogP contribution in [-0.2, 0) is 0 Å². The fourth-order valence-corrected chi connectivity index (χ4v) is 2.89. The van der Waals surface area contributed by atoms with Gasteiger partial charge in [0.05, 0.1) is 5.52 Å². The number of hydrogen-bond donors (Lipinski definition) is 2. The van der Waals surface area contributed by atoms with Gasteiger partial charge in [-0.2, -0.15) is 5.10 Å². The molecular formula is C22H18N4O. The number of para-hydroxylation sites is 1. The Labute approximate surface area is 157 Å². The first-order valence-corrected chi connectivity index (χ1v) is 8.65. The van der Waals surface area contributed by atoms with Gasteiger partial charge < -0.3 is 5.11 Å². The highest BCUT2D eigenvalue weighted by Gasteiger charge is 2.17. The van der Waals surface area contributed by atoms with E-state index >= 15 is 0 Å². The molecule has 132 valence electrons. The lowest BCUT2D eigenvalue weighted by Gasteiger charge is -2.15. The molecule has 1 heterocycles. The van der Waals surface area contributed by atoms with Crippen LogP contribution in [0.2, 0.25) is 0 Å². The maximum absolute atomic E-state index is 10.9. The van der Waals surface area contributed by atoms with Gasteiger partial charge in [-0.05, 0) is 17.7 Å². The second-order valence-electron chi connectivity index (χ2n) is 6.03. The Balaban J connectivity index is 1.74. The maximum atomic E-state index is 10.9. The standard InChI is InChI=1S/C22H18N4O/c27-21(17-11-5-2-6-12-17)20(16-9-3-1-4-10-16)25-26-22-18-13-7-8-14-19(18)23-15-24-22/h1-15,21,27H,(H,23,24,26)/b25-20-/t21-/m0/s1. The summed E-state index contributed by atoms with van der Waals surface area (Å²) < 4.78 is 0. The second-order valence-corrected chi connectivity index (χ2v) is 6.03. The van der Waals surface area contributed by atoms with E-state index in [1.165, 1.54) is 6.33 Å². The summed E-state index contributed by atoms with van der Waals surface area (Å²) in [6, 6.07) is 26.8. The largest absolute Gasteiger partial charge is 0.382 e. The van der Waals surface area contributed by atoms with Crippen molar-refractivity contribution in [3.05, 3.63) is 102 Å². The van der Waals surface area contributed by atoms with Crippen molar-refractivity contribution >= 4 is 22.4 Å². The summed E-state index contributed by atoms with van der Waals surface area (Å²) in [5, 5.41) is 16.3. The highest BCUT2D eigenvalue weighted by Crippen LogP contribution is 2.22. The van der Waals surface area contributed by atoms with Crippen LogP contribution in [-0.4, -0.2) is 20.8 Å². The number of hydrogen-bond acceptors (Lipinski definition) is 5. The quantitative estimate of drug-likeness (QED) is 0.417. The molecule has 3 aromatic carbocycles. The van der Waals surface area contributed by atoms with E-state index < -0.39 is 6.10 Å². The molecule has 2 N–H and O–H groups in total. The summed E-state index contributed by atoms with van der Waals surface area (Å²) in [5.74, 6) is 0.592. The number of aromatic nitrogens is 2. The SMILES string of the molecule is O[C@H](/C(=N\Nc1ncnc2ccccc12)c1ccccc1)c1ccccc1. The molecule has 0 amide bonds. The van der Waals surface area contributed by atoms with Crippen LogP contribution in [0.3, 0.4) is 0 Å². The molecule has 0 saturated heterocycles. The lowest BCUT2D eigenvalue weighted by molar-refractivity contribution is 0.248. The van der Waals surface area contributed by atoms with Gasteiger partial charge in [0.2, 0.25) is 0 Å². The smallest absolute Gasteiger partial charge is 0.157 e. The molecule has 0 aliphatic carbocycles. The van der Waals surface area contributed by atoms with Gasteiger partial charge in [-0.15, -0.1) is 0 Å². The molecule has 1 atom stereocenters. The summed E-state index contributed by atoms with van der Waals surface area (Å²) in [4.78, 5) is 8.55. The minimum Gasteiger partial charge on any atom is -0.382 e. The van der Waals surface area contributed by atoms with Crippen LogP contribution in [0.15, 0.2) is 96.4 Å².